The van der Waals surface area contributed by atoms with E-state index >= 15 is 0 Å². The number of aryl methyl sites for hydroxylation is 1. The summed E-state index contributed by atoms with van der Waals surface area (Å²) in [5.41, 5.74) is 0. The molecule has 9 nitrogen and oxygen atoms in total. The molecule has 2 aromatic rings. The summed E-state index contributed by atoms with van der Waals surface area (Å²) < 4.78 is 34.2. The molecule has 0 saturated carbocycles. The monoisotopic (exact) mass is 366 g/mol. The number of nitrogens with zero attached hydrogens (tertiary/aromatic N) is 6. The third-order valence-corrected chi connectivity index (χ3v) is 5.75. The third kappa shape index (κ3) is 3.90. The SMILES string of the molecule is CN(C)c1ccc(OC2CCCN(S(=O)(=O)c3cn(C)cn3)C2)nn1. The van der Waals surface area contributed by atoms with Crippen LogP contribution < -0.4 is 9.64 Å². The number of ether oxygens (including phenoxy) is 1. The Labute approximate surface area is 147 Å². The van der Waals surface area contributed by atoms with Crippen LogP contribution in [0.25, 0.3) is 0 Å². The van der Waals surface area contributed by atoms with Gasteiger partial charge in [0.1, 0.15) is 6.10 Å². The molecule has 0 bridgehead atoms. The molecule has 0 spiro atoms. The van der Waals surface area contributed by atoms with Gasteiger partial charge in [0, 0.05) is 40.0 Å². The summed E-state index contributed by atoms with van der Waals surface area (Å²) in [5, 5.41) is 8.17. The van der Waals surface area contributed by atoms with Crippen molar-refractivity contribution in [1.82, 2.24) is 24.1 Å². The molecular formula is C15H22N6O3S. The van der Waals surface area contributed by atoms with Crippen molar-refractivity contribution in [3.63, 3.8) is 0 Å². The van der Waals surface area contributed by atoms with Crippen LogP contribution in [0.1, 0.15) is 12.8 Å². The van der Waals surface area contributed by atoms with Crippen molar-refractivity contribution in [2.75, 3.05) is 32.1 Å². The van der Waals surface area contributed by atoms with Crippen LogP contribution in [0.4, 0.5) is 5.82 Å². The van der Waals surface area contributed by atoms with Gasteiger partial charge in [-0.25, -0.2) is 13.4 Å². The maximum absolute atomic E-state index is 12.7. The average molecular weight is 366 g/mol. The zero-order valence-corrected chi connectivity index (χ0v) is 15.3. The second-order valence-electron chi connectivity index (χ2n) is 6.25. The fraction of sp³-hybridized carbons (Fsp3) is 0.533. The number of piperidine rings is 1. The van der Waals surface area contributed by atoms with Crippen molar-refractivity contribution in [3.8, 4) is 5.88 Å². The van der Waals surface area contributed by atoms with E-state index in [4.69, 9.17) is 4.74 Å². The van der Waals surface area contributed by atoms with Gasteiger partial charge < -0.3 is 14.2 Å². The van der Waals surface area contributed by atoms with Crippen LogP contribution in [0.2, 0.25) is 0 Å². The lowest BCUT2D eigenvalue weighted by atomic mass is 10.1. The molecular weight excluding hydrogens is 344 g/mol. The molecule has 1 aliphatic heterocycles. The minimum Gasteiger partial charge on any atom is -0.472 e. The van der Waals surface area contributed by atoms with E-state index in [1.54, 1.807) is 17.7 Å². The number of hydrogen-bond acceptors (Lipinski definition) is 7. The number of anilines is 1. The van der Waals surface area contributed by atoms with E-state index in [1.165, 1.54) is 16.8 Å². The van der Waals surface area contributed by atoms with Crippen LogP contribution in [0.3, 0.4) is 0 Å². The topological polar surface area (TPSA) is 93.5 Å². The zero-order valence-electron chi connectivity index (χ0n) is 14.5. The van der Waals surface area contributed by atoms with Gasteiger partial charge in [0.15, 0.2) is 10.8 Å². The standard InChI is InChI=1S/C15H22N6O3S/c1-19(2)13-6-7-14(18-17-13)24-12-5-4-8-21(9-12)25(22,23)15-10-20(3)11-16-15/h6-7,10-12H,4-5,8-9H2,1-3H3. The number of rotatable bonds is 5. The van der Waals surface area contributed by atoms with E-state index in [9.17, 15) is 8.42 Å². The highest BCUT2D eigenvalue weighted by atomic mass is 32.2. The largest absolute Gasteiger partial charge is 0.472 e. The van der Waals surface area contributed by atoms with Gasteiger partial charge in [0.2, 0.25) is 5.88 Å². The minimum absolute atomic E-state index is 0.0609. The Kier molecular flexibility index (Phi) is 4.91. The normalized spacial score (nSPS) is 18.9. The molecule has 2 aromatic heterocycles. The lowest BCUT2D eigenvalue weighted by Gasteiger charge is -2.31. The van der Waals surface area contributed by atoms with Crippen molar-refractivity contribution in [1.29, 1.82) is 0 Å². The molecule has 1 unspecified atom stereocenters. The Bertz CT molecular complexity index is 818. The summed E-state index contributed by atoms with van der Waals surface area (Å²) in [4.78, 5) is 5.81. The first kappa shape index (κ1) is 17.6. The molecule has 1 saturated heterocycles. The Morgan fingerprint density at radius 1 is 1.28 bits per heavy atom. The second-order valence-corrected chi connectivity index (χ2v) is 8.13. The van der Waals surface area contributed by atoms with Gasteiger partial charge in [0.25, 0.3) is 10.0 Å². The van der Waals surface area contributed by atoms with Crippen LogP contribution in [0, 0.1) is 0 Å². The minimum atomic E-state index is -3.61. The van der Waals surface area contributed by atoms with E-state index in [2.05, 4.69) is 15.2 Å². The summed E-state index contributed by atoms with van der Waals surface area (Å²) in [6, 6.07) is 3.56. The lowest BCUT2D eigenvalue weighted by Crippen LogP contribution is -2.44. The van der Waals surface area contributed by atoms with E-state index in [1.807, 2.05) is 25.1 Å². The summed E-state index contributed by atoms with van der Waals surface area (Å²) in [6.45, 7) is 0.736. The molecule has 1 aliphatic rings. The van der Waals surface area contributed by atoms with Crippen LogP contribution in [0.5, 0.6) is 5.88 Å². The molecule has 3 rings (SSSR count). The number of imidazole rings is 1. The smallest absolute Gasteiger partial charge is 0.262 e. The van der Waals surface area contributed by atoms with Crippen LogP contribution in [-0.2, 0) is 17.1 Å². The summed E-state index contributed by atoms with van der Waals surface area (Å²) in [5.74, 6) is 1.13. The summed E-state index contributed by atoms with van der Waals surface area (Å²) >= 11 is 0. The second kappa shape index (κ2) is 6.96. The molecule has 136 valence electrons. The van der Waals surface area contributed by atoms with Crippen molar-refractivity contribution in [2.45, 2.75) is 24.0 Å². The van der Waals surface area contributed by atoms with Crippen LogP contribution >= 0.6 is 0 Å². The first-order valence-electron chi connectivity index (χ1n) is 8.02. The molecule has 0 amide bonds. The molecule has 0 N–H and O–H groups in total. The van der Waals surface area contributed by atoms with E-state index < -0.39 is 10.0 Å². The zero-order chi connectivity index (χ0) is 18.0. The highest BCUT2D eigenvalue weighted by molar-refractivity contribution is 7.89. The predicted octanol–water partition coefficient (Wildman–Crippen LogP) is 0.508. The fourth-order valence-corrected chi connectivity index (χ4v) is 4.14. The fourth-order valence-electron chi connectivity index (χ4n) is 2.66. The first-order valence-corrected chi connectivity index (χ1v) is 9.46. The van der Waals surface area contributed by atoms with Gasteiger partial charge in [-0.15, -0.1) is 10.2 Å². The summed E-state index contributed by atoms with van der Waals surface area (Å²) in [7, 11) is 1.90. The predicted molar refractivity (Wildman–Crippen MR) is 92.0 cm³/mol. The third-order valence-electron chi connectivity index (χ3n) is 4.00. The Morgan fingerprint density at radius 3 is 2.68 bits per heavy atom. The highest BCUT2D eigenvalue weighted by Crippen LogP contribution is 2.22. The van der Waals surface area contributed by atoms with Crippen LogP contribution in [-0.4, -0.2) is 65.8 Å². The molecule has 0 aromatic carbocycles. The summed E-state index contributed by atoms with van der Waals surface area (Å²) in [6.07, 6.45) is 4.22. The number of aromatic nitrogens is 4. The average Bonchev–Trinajstić information content (AvgIpc) is 3.03. The van der Waals surface area contributed by atoms with Gasteiger partial charge in [-0.05, 0) is 18.9 Å². The van der Waals surface area contributed by atoms with Gasteiger partial charge >= 0.3 is 0 Å². The molecule has 0 aliphatic carbocycles. The Balaban J connectivity index is 1.68. The molecule has 3 heterocycles. The lowest BCUT2D eigenvalue weighted by molar-refractivity contribution is 0.123. The molecule has 1 atom stereocenters. The van der Waals surface area contributed by atoms with E-state index in [0.717, 1.165) is 18.7 Å². The number of hydrogen-bond donors (Lipinski definition) is 0. The quantitative estimate of drug-likeness (QED) is 0.761. The number of sulfonamides is 1. The van der Waals surface area contributed by atoms with E-state index in [-0.39, 0.29) is 17.7 Å². The van der Waals surface area contributed by atoms with E-state index in [0.29, 0.717) is 12.4 Å². The van der Waals surface area contributed by atoms with Gasteiger partial charge in [-0.2, -0.15) is 4.31 Å². The molecule has 25 heavy (non-hydrogen) atoms. The van der Waals surface area contributed by atoms with Crippen molar-refractivity contribution in [3.05, 3.63) is 24.7 Å². The van der Waals surface area contributed by atoms with Crippen molar-refractivity contribution >= 4 is 15.8 Å². The Hall–Kier alpha value is -2.20. The van der Waals surface area contributed by atoms with Crippen molar-refractivity contribution < 1.29 is 13.2 Å². The maximum Gasteiger partial charge on any atom is 0.262 e. The van der Waals surface area contributed by atoms with Gasteiger partial charge in [-0.3, -0.25) is 0 Å². The van der Waals surface area contributed by atoms with Gasteiger partial charge in [0.05, 0.1) is 12.9 Å². The molecule has 0 radical (unpaired) electrons. The Morgan fingerprint density at radius 2 is 2.08 bits per heavy atom. The highest BCUT2D eigenvalue weighted by Gasteiger charge is 2.32. The van der Waals surface area contributed by atoms with Crippen molar-refractivity contribution in [2.24, 2.45) is 7.05 Å². The molecule has 10 heteroatoms. The maximum atomic E-state index is 12.7. The first-order chi connectivity index (χ1) is 11.9. The van der Waals surface area contributed by atoms with Gasteiger partial charge in [-0.1, -0.05) is 0 Å². The van der Waals surface area contributed by atoms with Crippen LogP contribution in [0.15, 0.2) is 29.7 Å². The molecule has 1 fully saturated rings.